The minimum Gasteiger partial charge on any atom is -0.496 e. The van der Waals surface area contributed by atoms with Gasteiger partial charge < -0.3 is 10.1 Å². The fourth-order valence-corrected chi connectivity index (χ4v) is 3.34. The zero-order chi connectivity index (χ0) is 19.6. The number of fused-ring (bicyclic) bond motifs is 1. The quantitative estimate of drug-likeness (QED) is 0.724. The van der Waals surface area contributed by atoms with Crippen molar-refractivity contribution in [3.8, 4) is 5.75 Å². The first kappa shape index (κ1) is 18.8. The number of hydrogen-bond donors (Lipinski definition) is 1. The summed E-state index contributed by atoms with van der Waals surface area (Å²) in [6, 6.07) is 5.83. The third-order valence-corrected chi connectivity index (χ3v) is 4.82. The second kappa shape index (κ2) is 7.73. The van der Waals surface area contributed by atoms with Crippen molar-refractivity contribution in [2.24, 2.45) is 0 Å². The highest BCUT2D eigenvalue weighted by Gasteiger charge is 2.16. The highest BCUT2D eigenvalue weighted by Crippen LogP contribution is 2.26. The average molecular weight is 367 g/mol. The fourth-order valence-electron chi connectivity index (χ4n) is 3.34. The van der Waals surface area contributed by atoms with Crippen LogP contribution in [0.5, 0.6) is 5.75 Å². The minimum absolute atomic E-state index is 0.0106. The van der Waals surface area contributed by atoms with Gasteiger partial charge in [-0.3, -0.25) is 4.79 Å². The van der Waals surface area contributed by atoms with Gasteiger partial charge in [0.1, 0.15) is 12.1 Å². The fraction of sp³-hybridized carbons (Fsp3) is 0.400. The predicted octanol–water partition coefficient (Wildman–Crippen LogP) is 2.87. The topological polar surface area (TPSA) is 81.4 Å². The molecule has 3 rings (SSSR count). The van der Waals surface area contributed by atoms with E-state index in [9.17, 15) is 4.79 Å². The molecule has 0 radical (unpaired) electrons. The lowest BCUT2D eigenvalue weighted by molar-refractivity contribution is -0.121. The van der Waals surface area contributed by atoms with Crippen LogP contribution in [0.15, 0.2) is 24.5 Å². The van der Waals surface area contributed by atoms with Crippen molar-refractivity contribution in [1.82, 2.24) is 24.9 Å². The Hall–Kier alpha value is -2.96. The Morgan fingerprint density at radius 2 is 2.07 bits per heavy atom. The Labute approximate surface area is 158 Å². The Morgan fingerprint density at radius 3 is 2.81 bits per heavy atom. The van der Waals surface area contributed by atoms with E-state index in [4.69, 9.17) is 4.74 Å². The van der Waals surface area contributed by atoms with Crippen LogP contribution in [0.4, 0.5) is 0 Å². The molecule has 7 nitrogen and oxygen atoms in total. The van der Waals surface area contributed by atoms with Crippen molar-refractivity contribution in [2.75, 3.05) is 7.11 Å². The summed E-state index contributed by atoms with van der Waals surface area (Å²) in [6.45, 7) is 7.91. The normalized spacial score (nSPS) is 12.2. The first-order chi connectivity index (χ1) is 12.9. The second-order valence-electron chi connectivity index (χ2n) is 6.77. The number of carbonyl (C=O) groups excluding carboxylic acids is 1. The van der Waals surface area contributed by atoms with E-state index in [0.717, 1.165) is 33.8 Å². The van der Waals surface area contributed by atoms with Crippen LogP contribution in [0.2, 0.25) is 0 Å². The highest BCUT2D eigenvalue weighted by molar-refractivity contribution is 5.77. The predicted molar refractivity (Wildman–Crippen MR) is 103 cm³/mol. The summed E-state index contributed by atoms with van der Waals surface area (Å²) in [6.07, 6.45) is 2.47. The molecule has 142 valence electrons. The molecule has 2 heterocycles. The summed E-state index contributed by atoms with van der Waals surface area (Å²) in [5.41, 5.74) is 4.99. The third kappa shape index (κ3) is 3.92. The summed E-state index contributed by atoms with van der Waals surface area (Å²) < 4.78 is 7.13. The van der Waals surface area contributed by atoms with Gasteiger partial charge >= 0.3 is 0 Å². The van der Waals surface area contributed by atoms with Crippen LogP contribution in [0, 0.1) is 20.8 Å². The molecule has 0 fully saturated rings. The average Bonchev–Trinajstić information content (AvgIpc) is 3.09. The summed E-state index contributed by atoms with van der Waals surface area (Å²) in [5, 5.41) is 7.26. The molecule has 0 saturated carbocycles. The molecule has 3 aromatic rings. The lowest BCUT2D eigenvalue weighted by atomic mass is 10.0. The van der Waals surface area contributed by atoms with Crippen LogP contribution in [-0.2, 0) is 11.2 Å². The van der Waals surface area contributed by atoms with E-state index < -0.39 is 0 Å². The standard InChI is InChI=1S/C20H25N5O2/c1-12-6-8-18(27-5)17(10-12)14(3)23-19(26)9-7-16-13(2)24-20-21-11-22-25(20)15(16)4/h6,8,10-11,14H,7,9H2,1-5H3,(H,23,26)/t14-/m1/s1. The number of carbonyl (C=O) groups is 1. The van der Waals surface area contributed by atoms with Gasteiger partial charge in [-0.2, -0.15) is 10.1 Å². The second-order valence-corrected chi connectivity index (χ2v) is 6.77. The summed E-state index contributed by atoms with van der Waals surface area (Å²) in [5.74, 6) is 1.35. The van der Waals surface area contributed by atoms with E-state index in [-0.39, 0.29) is 11.9 Å². The van der Waals surface area contributed by atoms with Crippen molar-refractivity contribution >= 4 is 11.7 Å². The molecule has 0 saturated heterocycles. The summed E-state index contributed by atoms with van der Waals surface area (Å²) in [7, 11) is 1.64. The molecule has 1 amide bonds. The van der Waals surface area contributed by atoms with Crippen LogP contribution in [0.1, 0.15) is 47.5 Å². The number of benzene rings is 1. The molecule has 7 heteroatoms. The van der Waals surface area contributed by atoms with E-state index in [0.29, 0.717) is 18.6 Å². The number of rotatable bonds is 6. The molecule has 1 aromatic carbocycles. The first-order valence-corrected chi connectivity index (χ1v) is 9.00. The number of nitrogens with zero attached hydrogens (tertiary/aromatic N) is 4. The van der Waals surface area contributed by atoms with Gasteiger partial charge in [-0.25, -0.2) is 9.50 Å². The van der Waals surface area contributed by atoms with E-state index in [1.165, 1.54) is 6.33 Å². The van der Waals surface area contributed by atoms with E-state index >= 15 is 0 Å². The smallest absolute Gasteiger partial charge is 0.252 e. The zero-order valence-corrected chi connectivity index (χ0v) is 16.4. The largest absolute Gasteiger partial charge is 0.496 e. The number of amides is 1. The van der Waals surface area contributed by atoms with E-state index in [1.807, 2.05) is 45.9 Å². The van der Waals surface area contributed by atoms with E-state index in [1.54, 1.807) is 11.6 Å². The monoisotopic (exact) mass is 367 g/mol. The maximum absolute atomic E-state index is 12.5. The van der Waals surface area contributed by atoms with Gasteiger partial charge in [0, 0.05) is 23.4 Å². The Kier molecular flexibility index (Phi) is 5.39. The molecule has 0 aliphatic carbocycles. The van der Waals surface area contributed by atoms with Crippen LogP contribution in [0.3, 0.4) is 0 Å². The third-order valence-electron chi connectivity index (χ3n) is 4.82. The van der Waals surface area contributed by atoms with Crippen LogP contribution < -0.4 is 10.1 Å². The minimum atomic E-state index is -0.134. The van der Waals surface area contributed by atoms with Crippen LogP contribution in [-0.4, -0.2) is 32.6 Å². The Bertz CT molecular complexity index is 980. The summed E-state index contributed by atoms with van der Waals surface area (Å²) in [4.78, 5) is 21.1. The maximum atomic E-state index is 12.5. The Morgan fingerprint density at radius 1 is 1.30 bits per heavy atom. The van der Waals surface area contributed by atoms with Gasteiger partial charge in [-0.15, -0.1) is 0 Å². The van der Waals surface area contributed by atoms with Gasteiger partial charge in [-0.05, 0) is 45.7 Å². The maximum Gasteiger partial charge on any atom is 0.252 e. The van der Waals surface area contributed by atoms with Gasteiger partial charge in [0.15, 0.2) is 0 Å². The molecule has 0 spiro atoms. The van der Waals surface area contributed by atoms with Crippen molar-refractivity contribution in [3.63, 3.8) is 0 Å². The molecule has 0 unspecified atom stereocenters. The lowest BCUT2D eigenvalue weighted by Gasteiger charge is -2.18. The molecule has 1 atom stereocenters. The van der Waals surface area contributed by atoms with Crippen LogP contribution >= 0.6 is 0 Å². The molecule has 0 aliphatic heterocycles. The number of aromatic nitrogens is 4. The number of methoxy groups -OCH3 is 1. The molecule has 0 bridgehead atoms. The van der Waals surface area contributed by atoms with Crippen LogP contribution in [0.25, 0.3) is 5.78 Å². The zero-order valence-electron chi connectivity index (χ0n) is 16.4. The van der Waals surface area contributed by atoms with Gasteiger partial charge in [0.05, 0.1) is 13.2 Å². The molecule has 0 aliphatic rings. The molecule has 2 aromatic heterocycles. The molecule has 27 heavy (non-hydrogen) atoms. The number of aryl methyl sites for hydroxylation is 3. The van der Waals surface area contributed by atoms with Crippen molar-refractivity contribution in [3.05, 3.63) is 52.6 Å². The van der Waals surface area contributed by atoms with Gasteiger partial charge in [0.2, 0.25) is 5.91 Å². The summed E-state index contributed by atoms with van der Waals surface area (Å²) >= 11 is 0. The number of hydrogen-bond acceptors (Lipinski definition) is 5. The first-order valence-electron chi connectivity index (χ1n) is 9.00. The lowest BCUT2D eigenvalue weighted by Crippen LogP contribution is -2.27. The molecule has 1 N–H and O–H groups in total. The van der Waals surface area contributed by atoms with Gasteiger partial charge in [-0.1, -0.05) is 17.7 Å². The van der Waals surface area contributed by atoms with E-state index in [2.05, 4.69) is 20.4 Å². The SMILES string of the molecule is COc1ccc(C)cc1[C@@H](C)NC(=O)CCc1c(C)nc2ncnn2c1C. The van der Waals surface area contributed by atoms with Crippen molar-refractivity contribution < 1.29 is 9.53 Å². The molecular formula is C20H25N5O2. The highest BCUT2D eigenvalue weighted by atomic mass is 16.5. The van der Waals surface area contributed by atoms with Crippen molar-refractivity contribution in [2.45, 2.75) is 46.6 Å². The van der Waals surface area contributed by atoms with Crippen molar-refractivity contribution in [1.29, 1.82) is 0 Å². The molecular weight excluding hydrogens is 342 g/mol. The van der Waals surface area contributed by atoms with Gasteiger partial charge in [0.25, 0.3) is 5.78 Å². The number of ether oxygens (including phenoxy) is 1. The number of nitrogens with one attached hydrogen (secondary N) is 1. The Balaban J connectivity index is 1.69.